The highest BCUT2D eigenvalue weighted by Gasteiger charge is 2.34. The van der Waals surface area contributed by atoms with Gasteiger partial charge in [0.2, 0.25) is 0 Å². The molecule has 0 radical (unpaired) electrons. The molecule has 1 amide bonds. The molecule has 7 heteroatoms. The van der Waals surface area contributed by atoms with Gasteiger partial charge in [0.15, 0.2) is 0 Å². The Labute approximate surface area is 189 Å². The van der Waals surface area contributed by atoms with Crippen molar-refractivity contribution in [3.05, 3.63) is 62.5 Å². The van der Waals surface area contributed by atoms with Crippen LogP contribution in [0.5, 0.6) is 0 Å². The van der Waals surface area contributed by atoms with Crippen molar-refractivity contribution < 1.29 is 4.79 Å². The summed E-state index contributed by atoms with van der Waals surface area (Å²) in [5.74, 6) is -0.0772. The molecule has 0 bridgehead atoms. The zero-order valence-electron chi connectivity index (χ0n) is 15.9. The van der Waals surface area contributed by atoms with Crippen LogP contribution >= 0.6 is 39.1 Å². The van der Waals surface area contributed by atoms with Crippen molar-refractivity contribution in [3.63, 3.8) is 0 Å². The van der Waals surface area contributed by atoms with Crippen molar-refractivity contribution >= 4 is 56.4 Å². The van der Waals surface area contributed by atoms with Gasteiger partial charge in [-0.25, -0.2) is 0 Å². The normalized spacial score (nSPS) is 19.9. The van der Waals surface area contributed by atoms with Crippen LogP contribution in [-0.2, 0) is 4.79 Å². The number of hydrogen-bond donors (Lipinski definition) is 1. The van der Waals surface area contributed by atoms with E-state index in [1.54, 1.807) is 12.1 Å². The molecule has 0 aromatic heterocycles. The maximum atomic E-state index is 12.9. The van der Waals surface area contributed by atoms with Gasteiger partial charge in [-0.3, -0.25) is 9.80 Å². The van der Waals surface area contributed by atoms with Gasteiger partial charge >= 0.3 is 0 Å². The number of rotatable bonds is 4. The molecule has 1 saturated carbocycles. The minimum atomic E-state index is -0.103. The van der Waals surface area contributed by atoms with E-state index in [1.165, 1.54) is 19.3 Å². The van der Waals surface area contributed by atoms with Gasteiger partial charge in [-0.15, -0.1) is 0 Å². The number of hydrogen-bond acceptors (Lipinski definition) is 3. The fraction of sp³-hybridized carbons (Fsp3) is 0.364. The lowest BCUT2D eigenvalue weighted by atomic mass is 9.95. The first kappa shape index (κ1) is 20.7. The van der Waals surface area contributed by atoms with Crippen molar-refractivity contribution in [2.24, 2.45) is 5.10 Å². The first-order valence-electron chi connectivity index (χ1n) is 9.89. The van der Waals surface area contributed by atoms with E-state index in [4.69, 9.17) is 28.3 Å². The fourth-order valence-electron chi connectivity index (χ4n) is 4.00. The number of carbonyl (C=O) groups excluding carboxylic acids is 1. The third-order valence-corrected chi connectivity index (χ3v) is 6.59. The number of halogens is 3. The molecule has 2 aromatic rings. The van der Waals surface area contributed by atoms with Gasteiger partial charge < -0.3 is 5.32 Å². The highest BCUT2D eigenvalue weighted by atomic mass is 79.9. The maximum Gasteiger partial charge on any atom is 0.267 e. The average Bonchev–Trinajstić information content (AvgIpc) is 3.14. The molecule has 0 spiro atoms. The second kappa shape index (κ2) is 9.07. The molecule has 1 atom stereocenters. The van der Waals surface area contributed by atoms with E-state index in [-0.39, 0.29) is 18.0 Å². The largest absolute Gasteiger partial charge is 0.348 e. The summed E-state index contributed by atoms with van der Waals surface area (Å²) in [5, 5.41) is 10.8. The third kappa shape index (κ3) is 4.79. The predicted molar refractivity (Wildman–Crippen MR) is 123 cm³/mol. The Kier molecular flexibility index (Phi) is 6.47. The summed E-state index contributed by atoms with van der Waals surface area (Å²) in [4.78, 5) is 12.9. The number of carbonyl (C=O) groups is 1. The zero-order valence-corrected chi connectivity index (χ0v) is 19.0. The van der Waals surface area contributed by atoms with Crippen LogP contribution in [0.15, 0.2) is 52.0 Å². The molecule has 0 saturated heterocycles. The number of hydrazone groups is 1. The first-order valence-corrected chi connectivity index (χ1v) is 11.4. The molecular formula is C22H22BrCl2N3O. The Bertz CT molecular complexity index is 926. The van der Waals surface area contributed by atoms with Crippen molar-refractivity contribution in [2.75, 3.05) is 5.01 Å². The Hall–Kier alpha value is -1.56. The molecule has 2 aromatic carbocycles. The molecule has 1 aliphatic carbocycles. The predicted octanol–water partition coefficient (Wildman–Crippen LogP) is 6.51. The summed E-state index contributed by atoms with van der Waals surface area (Å²) in [6.07, 6.45) is 6.21. The second-order valence-corrected chi connectivity index (χ2v) is 9.33. The quantitative estimate of drug-likeness (QED) is 0.526. The van der Waals surface area contributed by atoms with Gasteiger partial charge in [-0.1, -0.05) is 70.5 Å². The Morgan fingerprint density at radius 2 is 1.79 bits per heavy atom. The molecular weight excluding hydrogens is 473 g/mol. The molecule has 1 heterocycles. The van der Waals surface area contributed by atoms with Crippen molar-refractivity contribution in [2.45, 2.75) is 50.6 Å². The minimum Gasteiger partial charge on any atom is -0.348 e. The summed E-state index contributed by atoms with van der Waals surface area (Å²) in [7, 11) is 0. The lowest BCUT2D eigenvalue weighted by molar-refractivity contribution is -0.115. The highest BCUT2D eigenvalue weighted by Crippen LogP contribution is 2.40. The third-order valence-electron chi connectivity index (χ3n) is 5.52. The van der Waals surface area contributed by atoms with Gasteiger partial charge in [-0.2, -0.15) is 5.10 Å². The molecule has 152 valence electrons. The van der Waals surface area contributed by atoms with E-state index in [0.717, 1.165) is 28.6 Å². The molecule has 1 fully saturated rings. The SMILES string of the molecule is O=C(NC1CCCCC1)C1=NN(c2ccc(Cl)cc2Cl)C(c2ccc(Br)cc2)C1. The monoisotopic (exact) mass is 493 g/mol. The Balaban J connectivity index is 1.62. The van der Waals surface area contributed by atoms with E-state index < -0.39 is 0 Å². The Morgan fingerprint density at radius 3 is 2.48 bits per heavy atom. The van der Waals surface area contributed by atoms with Crippen molar-refractivity contribution in [1.82, 2.24) is 5.32 Å². The number of benzene rings is 2. The minimum absolute atomic E-state index is 0.0772. The van der Waals surface area contributed by atoms with Crippen molar-refractivity contribution in [3.8, 4) is 0 Å². The molecule has 1 unspecified atom stereocenters. The van der Waals surface area contributed by atoms with E-state index in [9.17, 15) is 4.79 Å². The highest BCUT2D eigenvalue weighted by molar-refractivity contribution is 9.10. The molecule has 1 N–H and O–H groups in total. The zero-order chi connectivity index (χ0) is 20.4. The van der Waals surface area contributed by atoms with Crippen LogP contribution < -0.4 is 10.3 Å². The topological polar surface area (TPSA) is 44.7 Å². The number of nitrogens with zero attached hydrogens (tertiary/aromatic N) is 2. The van der Waals surface area contributed by atoms with Crippen molar-refractivity contribution in [1.29, 1.82) is 0 Å². The van der Waals surface area contributed by atoms with Crippen LogP contribution in [0.4, 0.5) is 5.69 Å². The molecule has 1 aliphatic heterocycles. The van der Waals surface area contributed by atoms with Crippen LogP contribution in [0.25, 0.3) is 0 Å². The second-order valence-electron chi connectivity index (χ2n) is 7.57. The van der Waals surface area contributed by atoms with Crippen LogP contribution in [0.1, 0.15) is 50.1 Å². The fourth-order valence-corrected chi connectivity index (χ4v) is 4.76. The summed E-state index contributed by atoms with van der Waals surface area (Å²) >= 11 is 16.0. The summed E-state index contributed by atoms with van der Waals surface area (Å²) < 4.78 is 1.01. The maximum absolute atomic E-state index is 12.9. The van der Waals surface area contributed by atoms with Crippen LogP contribution in [0.3, 0.4) is 0 Å². The lowest BCUT2D eigenvalue weighted by Gasteiger charge is -2.25. The molecule has 2 aliphatic rings. The standard InChI is InChI=1S/C22H22BrCl2N3O/c23-15-8-6-14(7-9-15)21-13-19(22(29)26-17-4-2-1-3-5-17)27-28(21)20-11-10-16(24)12-18(20)25/h6-12,17,21H,1-5,13H2,(H,26,29). The average molecular weight is 495 g/mol. The Morgan fingerprint density at radius 1 is 1.07 bits per heavy atom. The number of amides is 1. The number of anilines is 1. The van der Waals surface area contributed by atoms with Gasteiger partial charge in [0, 0.05) is 22.0 Å². The summed E-state index contributed by atoms with van der Waals surface area (Å²) in [6, 6.07) is 13.6. The van der Waals surface area contributed by atoms with Gasteiger partial charge in [0.05, 0.1) is 16.8 Å². The van der Waals surface area contributed by atoms with Crippen LogP contribution in [0.2, 0.25) is 10.0 Å². The summed E-state index contributed by atoms with van der Waals surface area (Å²) in [6.45, 7) is 0. The van der Waals surface area contributed by atoms with E-state index in [1.807, 2.05) is 35.3 Å². The number of nitrogens with one attached hydrogen (secondary N) is 1. The van der Waals surface area contributed by atoms with Crippen LogP contribution in [0, 0.1) is 0 Å². The van der Waals surface area contributed by atoms with Gasteiger partial charge in [-0.05, 0) is 48.7 Å². The smallest absolute Gasteiger partial charge is 0.267 e. The lowest BCUT2D eigenvalue weighted by Crippen LogP contribution is -2.39. The van der Waals surface area contributed by atoms with E-state index in [0.29, 0.717) is 22.2 Å². The van der Waals surface area contributed by atoms with E-state index in [2.05, 4.69) is 21.2 Å². The van der Waals surface area contributed by atoms with E-state index >= 15 is 0 Å². The van der Waals surface area contributed by atoms with Gasteiger partial charge in [0.25, 0.3) is 5.91 Å². The molecule has 4 rings (SSSR count). The first-order chi connectivity index (χ1) is 14.0. The summed E-state index contributed by atoms with van der Waals surface area (Å²) in [5.41, 5.74) is 2.35. The molecule has 4 nitrogen and oxygen atoms in total. The van der Waals surface area contributed by atoms with Gasteiger partial charge in [0.1, 0.15) is 5.71 Å². The molecule has 29 heavy (non-hydrogen) atoms. The van der Waals surface area contributed by atoms with Crippen LogP contribution in [-0.4, -0.2) is 17.7 Å².